The van der Waals surface area contributed by atoms with Crippen molar-refractivity contribution in [3.05, 3.63) is 119 Å². The molecule has 4 aliphatic rings. The van der Waals surface area contributed by atoms with Gasteiger partial charge in [0.05, 0.1) is 0 Å². The molecule has 0 spiro atoms. The molecular weight excluding hydrogens is 579 g/mol. The fourth-order valence-corrected chi connectivity index (χ4v) is 13.7. The maximum Gasteiger partial charge on any atom is 0.147 e. The van der Waals surface area contributed by atoms with Crippen LogP contribution in [0.4, 0.5) is 0 Å². The minimum Gasteiger partial charge on any atom is -0.488 e. The van der Waals surface area contributed by atoms with E-state index in [1.165, 1.54) is 50.6 Å². The highest BCUT2D eigenvalue weighted by Crippen LogP contribution is 2.70. The van der Waals surface area contributed by atoms with E-state index < -0.39 is 7.14 Å². The van der Waals surface area contributed by atoms with Gasteiger partial charge < -0.3 is 9.30 Å². The summed E-state index contributed by atoms with van der Waals surface area (Å²) in [5.74, 6) is 2.42. The van der Waals surface area contributed by atoms with Crippen LogP contribution >= 0.6 is 7.14 Å². The molecule has 0 aromatic heterocycles. The molecule has 1 saturated carbocycles. The van der Waals surface area contributed by atoms with Gasteiger partial charge in [0.25, 0.3) is 0 Å². The second kappa shape index (κ2) is 10.6. The molecule has 2 nitrogen and oxygen atoms in total. The number of aryl methyl sites for hydroxylation is 2. The predicted octanol–water partition coefficient (Wildman–Crippen LogP) is 11.1. The molecule has 0 radical (unpaired) electrons. The summed E-state index contributed by atoms with van der Waals surface area (Å²) in [6.07, 6.45) is 7.73. The van der Waals surface area contributed by atoms with E-state index in [9.17, 15) is 0 Å². The van der Waals surface area contributed by atoms with Crippen LogP contribution in [0.25, 0.3) is 44.4 Å². The third-order valence-electron chi connectivity index (χ3n) is 11.6. The monoisotopic (exact) mass is 620 g/mol. The topological polar surface area (TPSA) is 26.3 Å². The first kappa shape index (κ1) is 28.4. The number of hydrogen-bond acceptors (Lipinski definition) is 2. The third-order valence-corrected chi connectivity index (χ3v) is 15.4. The maximum absolute atomic E-state index is 16.3. The highest BCUT2D eigenvalue weighted by molar-refractivity contribution is 7.82. The third kappa shape index (κ3) is 4.12. The Morgan fingerprint density at radius 2 is 1.52 bits per heavy atom. The highest BCUT2D eigenvalue weighted by Gasteiger charge is 2.49. The normalized spacial score (nSPS) is 24.3. The van der Waals surface area contributed by atoms with E-state index in [4.69, 9.17) is 4.74 Å². The second-order valence-corrected chi connectivity index (χ2v) is 17.5. The van der Waals surface area contributed by atoms with Crippen LogP contribution in [0.2, 0.25) is 0 Å². The van der Waals surface area contributed by atoms with Gasteiger partial charge in [0, 0.05) is 27.4 Å². The van der Waals surface area contributed by atoms with Crippen molar-refractivity contribution in [2.45, 2.75) is 65.1 Å². The first-order chi connectivity index (χ1) is 22.4. The van der Waals surface area contributed by atoms with Crippen LogP contribution in [0.5, 0.6) is 5.75 Å². The van der Waals surface area contributed by atoms with E-state index in [2.05, 4.69) is 118 Å². The summed E-state index contributed by atoms with van der Waals surface area (Å²) in [5.41, 5.74) is 11.5. The largest absolute Gasteiger partial charge is 0.488 e. The standard InChI is InChI=1S/C43H41O2P/c1-26(2)34-20-13-27(3)21-40(34)46(44)38(29-10-5-4-6-11-29)23-33-22-37-36(24-39(33)46)42-32(25-45-37)19-18-31-17-16-30-15-14-28-9-7-8-12-35(28)41(30)43(31)42/h4-12,14-15,18-19,22-24,26-27,34,40H,13,16-17,20-21,25H2,1-3H3/t27-,34+,40-,46-/m1/s1. The van der Waals surface area contributed by atoms with Gasteiger partial charge in [-0.3, -0.25) is 0 Å². The number of hydrogen-bond donors (Lipinski definition) is 0. The molecule has 0 saturated heterocycles. The molecule has 2 aliphatic carbocycles. The van der Waals surface area contributed by atoms with Gasteiger partial charge in [-0.25, -0.2) is 0 Å². The minimum atomic E-state index is -3.00. The number of rotatable bonds is 3. The lowest BCUT2D eigenvalue weighted by molar-refractivity contribution is 0.238. The van der Waals surface area contributed by atoms with E-state index in [1.807, 2.05) is 0 Å². The van der Waals surface area contributed by atoms with Crippen molar-refractivity contribution < 1.29 is 9.30 Å². The summed E-state index contributed by atoms with van der Waals surface area (Å²) in [5, 5.41) is 4.69. The van der Waals surface area contributed by atoms with Crippen LogP contribution in [-0.2, 0) is 24.0 Å². The molecule has 0 unspecified atom stereocenters. The molecule has 4 atom stereocenters. The van der Waals surface area contributed by atoms with Gasteiger partial charge >= 0.3 is 0 Å². The fourth-order valence-electron chi connectivity index (χ4n) is 9.34. The maximum atomic E-state index is 16.3. The first-order valence-electron chi connectivity index (χ1n) is 17.3. The van der Waals surface area contributed by atoms with Crippen molar-refractivity contribution in [3.63, 3.8) is 0 Å². The van der Waals surface area contributed by atoms with Crippen molar-refractivity contribution in [3.8, 4) is 28.0 Å². The summed E-state index contributed by atoms with van der Waals surface area (Å²) in [6.45, 7) is 7.60. The molecule has 3 heteroatoms. The molecule has 0 N–H and O–H groups in total. The summed E-state index contributed by atoms with van der Waals surface area (Å²) in [4.78, 5) is 0. The van der Waals surface area contributed by atoms with Gasteiger partial charge in [-0.2, -0.15) is 0 Å². The van der Waals surface area contributed by atoms with E-state index in [-0.39, 0.29) is 5.66 Å². The molecule has 2 aliphatic heterocycles. The zero-order valence-electron chi connectivity index (χ0n) is 27.1. The van der Waals surface area contributed by atoms with Gasteiger partial charge in [-0.15, -0.1) is 0 Å². The Balaban J connectivity index is 1.30. The Bertz CT molecular complexity index is 2120. The lowest BCUT2D eigenvalue weighted by Crippen LogP contribution is -2.34. The lowest BCUT2D eigenvalue weighted by atomic mass is 9.77. The van der Waals surface area contributed by atoms with E-state index in [0.29, 0.717) is 24.4 Å². The van der Waals surface area contributed by atoms with Gasteiger partial charge in [0.15, 0.2) is 0 Å². The van der Waals surface area contributed by atoms with Crippen molar-refractivity contribution in [1.82, 2.24) is 0 Å². The number of benzene rings is 5. The van der Waals surface area contributed by atoms with Gasteiger partial charge in [-0.1, -0.05) is 106 Å². The van der Waals surface area contributed by atoms with Crippen molar-refractivity contribution >= 4 is 34.6 Å². The molecule has 0 amide bonds. The van der Waals surface area contributed by atoms with Gasteiger partial charge in [-0.05, 0) is 111 Å². The fraction of sp³-hybridized carbons (Fsp3) is 0.302. The van der Waals surface area contributed by atoms with Gasteiger partial charge in [0.1, 0.15) is 19.5 Å². The Morgan fingerprint density at radius 3 is 2.35 bits per heavy atom. The van der Waals surface area contributed by atoms with Gasteiger partial charge in [0.2, 0.25) is 0 Å². The zero-order valence-corrected chi connectivity index (χ0v) is 27.9. The van der Waals surface area contributed by atoms with Crippen LogP contribution in [0.15, 0.2) is 91.0 Å². The smallest absolute Gasteiger partial charge is 0.147 e. The van der Waals surface area contributed by atoms with E-state index >= 15 is 4.57 Å². The molecule has 5 aromatic rings. The Kier molecular flexibility index (Phi) is 6.52. The molecule has 0 bridgehead atoms. The predicted molar refractivity (Wildman–Crippen MR) is 193 cm³/mol. The Morgan fingerprint density at radius 1 is 0.783 bits per heavy atom. The SMILES string of the molecule is CC(C)[C@@H]1CC[C@@H](C)C[C@H]1[P@@]1(=O)C(c2ccccc2)=Cc2cc3c(cc21)-c1c(ccc2c1-c1c(ccc4ccccc14)CC2)CO3. The average Bonchev–Trinajstić information content (AvgIpc) is 3.38. The second-order valence-electron chi connectivity index (χ2n) is 14.6. The van der Waals surface area contributed by atoms with E-state index in [0.717, 1.165) is 58.7 Å². The quantitative estimate of drug-likeness (QED) is 0.188. The minimum absolute atomic E-state index is 0.139. The van der Waals surface area contributed by atoms with Crippen molar-refractivity contribution in [2.75, 3.05) is 0 Å². The summed E-state index contributed by atoms with van der Waals surface area (Å²) in [7, 11) is -3.00. The number of ether oxygens (including phenoxy) is 1. The van der Waals surface area contributed by atoms with Crippen LogP contribution in [0.1, 0.15) is 67.9 Å². The number of fused-ring (bicyclic) bond motifs is 10. The first-order valence-corrected chi connectivity index (χ1v) is 19.0. The van der Waals surface area contributed by atoms with Crippen molar-refractivity contribution in [1.29, 1.82) is 0 Å². The molecule has 5 aromatic carbocycles. The summed E-state index contributed by atoms with van der Waals surface area (Å²) in [6, 6.07) is 33.1. The molecule has 230 valence electrons. The van der Waals surface area contributed by atoms with E-state index in [1.54, 1.807) is 0 Å². The van der Waals surface area contributed by atoms with Crippen LogP contribution < -0.4 is 10.0 Å². The Labute approximate surface area is 272 Å². The van der Waals surface area contributed by atoms with Crippen LogP contribution in [0, 0.1) is 17.8 Å². The molecule has 1 fully saturated rings. The molecule has 9 rings (SSSR count). The molecule has 46 heavy (non-hydrogen) atoms. The van der Waals surface area contributed by atoms with Crippen molar-refractivity contribution in [2.24, 2.45) is 17.8 Å². The van der Waals surface area contributed by atoms with Crippen LogP contribution in [0.3, 0.4) is 0 Å². The molecule has 2 heterocycles. The zero-order chi connectivity index (χ0) is 31.2. The van der Waals surface area contributed by atoms with Crippen LogP contribution in [-0.4, -0.2) is 5.66 Å². The highest BCUT2D eigenvalue weighted by atomic mass is 31.2. The Hall–Kier alpha value is -3.87. The average molecular weight is 621 g/mol. The summed E-state index contributed by atoms with van der Waals surface area (Å²) < 4.78 is 22.9. The molecular formula is C43H41O2P. The summed E-state index contributed by atoms with van der Waals surface area (Å²) >= 11 is 0. The lowest BCUT2D eigenvalue weighted by Gasteiger charge is -2.42.